The lowest BCUT2D eigenvalue weighted by Crippen LogP contribution is -2.62. The van der Waals surface area contributed by atoms with Crippen LogP contribution in [0.2, 0.25) is 0 Å². The zero-order chi connectivity index (χ0) is 26.6. The van der Waals surface area contributed by atoms with E-state index in [2.05, 4.69) is 0 Å². The van der Waals surface area contributed by atoms with Crippen molar-refractivity contribution in [2.75, 3.05) is 26.9 Å². The van der Waals surface area contributed by atoms with Gasteiger partial charge in [0.25, 0.3) is 0 Å². The lowest BCUT2D eigenvalue weighted by molar-refractivity contribution is -0.383. The van der Waals surface area contributed by atoms with Crippen molar-refractivity contribution >= 4 is 12.0 Å². The monoisotopic (exact) mass is 518 g/mol. The van der Waals surface area contributed by atoms with Gasteiger partial charge in [0, 0.05) is 6.08 Å². The van der Waals surface area contributed by atoms with Crippen LogP contribution in [-0.4, -0.2) is 129 Å². The van der Waals surface area contributed by atoms with E-state index in [-0.39, 0.29) is 11.5 Å². The number of ether oxygens (including phenoxy) is 5. The highest BCUT2D eigenvalue weighted by Crippen LogP contribution is 2.36. The Kier molecular flexibility index (Phi) is 9.23. The molecule has 1 aromatic carbocycles. The maximum absolute atomic E-state index is 12.1. The molecule has 2 aliphatic heterocycles. The first-order valence-electron chi connectivity index (χ1n) is 10.9. The highest BCUT2D eigenvalue weighted by Gasteiger charge is 2.58. The Hall–Kier alpha value is -2.37. The molecule has 8 N–H and O–H groups in total. The molecule has 2 heterocycles. The van der Waals surface area contributed by atoms with Gasteiger partial charge in [-0.1, -0.05) is 6.07 Å². The molecule has 0 amide bonds. The van der Waals surface area contributed by atoms with Crippen molar-refractivity contribution < 1.29 is 69.3 Å². The van der Waals surface area contributed by atoms with E-state index < -0.39 is 80.6 Å². The van der Waals surface area contributed by atoms with E-state index in [9.17, 15) is 45.6 Å². The fourth-order valence-corrected chi connectivity index (χ4v) is 3.79. The number of phenols is 1. The van der Waals surface area contributed by atoms with Crippen LogP contribution in [0.5, 0.6) is 11.5 Å². The number of carbonyl (C=O) groups excluding carboxylic acids is 1. The molecule has 0 bridgehead atoms. The lowest BCUT2D eigenvalue weighted by atomic mass is 9.99. The first-order chi connectivity index (χ1) is 17.1. The van der Waals surface area contributed by atoms with Crippen LogP contribution in [-0.2, 0) is 23.7 Å². The summed E-state index contributed by atoms with van der Waals surface area (Å²) >= 11 is 0. The molecule has 14 nitrogen and oxygen atoms in total. The van der Waals surface area contributed by atoms with E-state index in [1.54, 1.807) is 0 Å². The third kappa shape index (κ3) is 5.78. The van der Waals surface area contributed by atoms with Gasteiger partial charge < -0.3 is 64.5 Å². The summed E-state index contributed by atoms with van der Waals surface area (Å²) in [6, 6.07) is 4.37. The molecular formula is C22H30O14. The number of phenolic OH excluding ortho intramolecular Hbond substituents is 1. The van der Waals surface area contributed by atoms with Gasteiger partial charge in [-0.15, -0.1) is 0 Å². The van der Waals surface area contributed by atoms with Crippen LogP contribution in [0.15, 0.2) is 24.3 Å². The van der Waals surface area contributed by atoms with Crippen LogP contribution in [0, 0.1) is 0 Å². The minimum absolute atomic E-state index is 0.0820. The van der Waals surface area contributed by atoms with E-state index in [0.29, 0.717) is 5.56 Å². The third-order valence-corrected chi connectivity index (χ3v) is 5.90. The quantitative estimate of drug-likeness (QED) is 0.118. The number of hydrogen-bond acceptors (Lipinski definition) is 14. The summed E-state index contributed by atoms with van der Waals surface area (Å²) in [5.74, 6) is -3.09. The number of esters is 1. The Bertz CT molecular complexity index is 922. The van der Waals surface area contributed by atoms with Crippen molar-refractivity contribution in [2.24, 2.45) is 0 Å². The first-order valence-corrected chi connectivity index (χ1v) is 10.9. The third-order valence-electron chi connectivity index (χ3n) is 5.90. The molecule has 0 radical (unpaired) electrons. The molecule has 36 heavy (non-hydrogen) atoms. The molecule has 1 aromatic rings. The summed E-state index contributed by atoms with van der Waals surface area (Å²) in [6.07, 6.45) is -11.0. The van der Waals surface area contributed by atoms with Crippen LogP contribution in [0.1, 0.15) is 5.56 Å². The van der Waals surface area contributed by atoms with Crippen LogP contribution in [0.3, 0.4) is 0 Å². The number of hydrogen-bond donors (Lipinski definition) is 8. The van der Waals surface area contributed by atoms with E-state index in [0.717, 1.165) is 6.08 Å². The largest absolute Gasteiger partial charge is 0.504 e. The van der Waals surface area contributed by atoms with Gasteiger partial charge in [-0.3, -0.25) is 0 Å². The predicted molar refractivity (Wildman–Crippen MR) is 116 cm³/mol. The lowest BCUT2D eigenvalue weighted by Gasteiger charge is -2.43. The average Bonchev–Trinajstić information content (AvgIpc) is 3.12. The zero-order valence-electron chi connectivity index (χ0n) is 19.2. The Morgan fingerprint density at radius 1 is 1.06 bits per heavy atom. The Labute approximate surface area is 205 Å². The summed E-state index contributed by atoms with van der Waals surface area (Å²) in [6.45, 7) is -2.36. The number of methoxy groups -OCH3 is 1. The number of aromatic hydroxyl groups is 1. The van der Waals surface area contributed by atoms with Crippen molar-refractivity contribution in [3.05, 3.63) is 29.8 Å². The highest BCUT2D eigenvalue weighted by atomic mass is 16.8. The van der Waals surface area contributed by atoms with Crippen molar-refractivity contribution in [3.63, 3.8) is 0 Å². The van der Waals surface area contributed by atoms with Crippen molar-refractivity contribution in [1.82, 2.24) is 0 Å². The number of carbonyl (C=O) groups is 1. The number of rotatable bonds is 9. The van der Waals surface area contributed by atoms with Crippen molar-refractivity contribution in [3.8, 4) is 11.5 Å². The molecule has 9 atom stereocenters. The maximum atomic E-state index is 12.1. The summed E-state index contributed by atoms with van der Waals surface area (Å²) in [5.41, 5.74) is 0.515. The smallest absolute Gasteiger partial charge is 0.330 e. The molecule has 0 saturated carbocycles. The number of benzene rings is 1. The second-order valence-electron chi connectivity index (χ2n) is 8.27. The minimum atomic E-state index is -2.36. The summed E-state index contributed by atoms with van der Waals surface area (Å²) in [7, 11) is 1.37. The number of aliphatic hydroxyl groups excluding tert-OH is 7. The Morgan fingerprint density at radius 2 is 1.78 bits per heavy atom. The molecule has 0 spiro atoms. The number of aliphatic hydroxyl groups is 7. The summed E-state index contributed by atoms with van der Waals surface area (Å²) in [5, 5.41) is 79.6. The second-order valence-corrected chi connectivity index (χ2v) is 8.27. The van der Waals surface area contributed by atoms with E-state index >= 15 is 0 Å². The standard InChI is InChI=1S/C22H30O14/c1-32-12-6-10(2-4-11(12)25)3-5-15(26)33-8-14-17(28)20(31)22(9-24,35-14)36-21-19(30)18(29)16(27)13(7-23)34-21/h2-6,13-14,16-21,23-25,27-31H,7-9H2,1H3/b5-3+. The van der Waals surface area contributed by atoms with Crippen molar-refractivity contribution in [1.29, 1.82) is 0 Å². The summed E-state index contributed by atoms with van der Waals surface area (Å²) < 4.78 is 26.0. The van der Waals surface area contributed by atoms with Crippen molar-refractivity contribution in [2.45, 2.75) is 54.8 Å². The van der Waals surface area contributed by atoms with Crippen LogP contribution in [0.4, 0.5) is 0 Å². The average molecular weight is 518 g/mol. The summed E-state index contributed by atoms with van der Waals surface area (Å²) in [4.78, 5) is 12.1. The van der Waals surface area contributed by atoms with E-state index in [1.165, 1.54) is 31.4 Å². The normalized spacial score (nSPS) is 36.8. The molecule has 3 rings (SSSR count). The van der Waals surface area contributed by atoms with Gasteiger partial charge in [0.15, 0.2) is 17.8 Å². The second kappa shape index (κ2) is 11.8. The molecule has 9 unspecified atom stereocenters. The van der Waals surface area contributed by atoms with Gasteiger partial charge in [0.1, 0.15) is 55.9 Å². The molecule has 2 aliphatic rings. The van der Waals surface area contributed by atoms with Crippen LogP contribution < -0.4 is 4.74 Å². The predicted octanol–water partition coefficient (Wildman–Crippen LogP) is -3.42. The zero-order valence-corrected chi connectivity index (χ0v) is 19.2. The SMILES string of the molecule is COc1cc(/C=C/C(=O)OCC2OC(CO)(OC3OC(CO)C(O)C(O)C3O)C(O)C2O)ccc1O. The van der Waals surface area contributed by atoms with Crippen LogP contribution >= 0.6 is 0 Å². The van der Waals surface area contributed by atoms with Gasteiger partial charge in [0.2, 0.25) is 5.79 Å². The molecule has 2 fully saturated rings. The fourth-order valence-electron chi connectivity index (χ4n) is 3.79. The molecule has 14 heteroatoms. The maximum Gasteiger partial charge on any atom is 0.330 e. The van der Waals surface area contributed by atoms with E-state index in [4.69, 9.17) is 23.7 Å². The molecule has 202 valence electrons. The molecule has 0 aromatic heterocycles. The van der Waals surface area contributed by atoms with Gasteiger partial charge in [-0.05, 0) is 23.8 Å². The van der Waals surface area contributed by atoms with Gasteiger partial charge in [-0.2, -0.15) is 0 Å². The van der Waals surface area contributed by atoms with Gasteiger partial charge in [0.05, 0.1) is 13.7 Å². The van der Waals surface area contributed by atoms with Crippen LogP contribution in [0.25, 0.3) is 6.08 Å². The van der Waals surface area contributed by atoms with Gasteiger partial charge in [-0.25, -0.2) is 4.79 Å². The molecule has 2 saturated heterocycles. The molecular weight excluding hydrogens is 488 g/mol. The fraction of sp³-hybridized carbons (Fsp3) is 0.591. The topological polar surface area (TPSA) is 225 Å². The van der Waals surface area contributed by atoms with Gasteiger partial charge >= 0.3 is 5.97 Å². The minimum Gasteiger partial charge on any atom is -0.504 e. The molecule has 0 aliphatic carbocycles. The Balaban J connectivity index is 1.63. The highest BCUT2D eigenvalue weighted by molar-refractivity contribution is 5.87. The first kappa shape index (κ1) is 28.2. The Morgan fingerprint density at radius 3 is 2.42 bits per heavy atom. The van der Waals surface area contributed by atoms with E-state index in [1.807, 2.05) is 0 Å².